The minimum Gasteiger partial charge on any atom is -0.371 e. The van der Waals surface area contributed by atoms with Gasteiger partial charge in [0.25, 0.3) is 0 Å². The van der Waals surface area contributed by atoms with E-state index in [-0.39, 0.29) is 6.04 Å². The molecule has 0 radical (unpaired) electrons. The van der Waals surface area contributed by atoms with Crippen molar-refractivity contribution in [1.29, 1.82) is 0 Å². The molecule has 0 amide bonds. The van der Waals surface area contributed by atoms with Crippen LogP contribution < -0.4 is 10.6 Å². The number of benzene rings is 1. The zero-order chi connectivity index (χ0) is 14.1. The number of likely N-dealkylation sites (tertiary alicyclic amines) is 1. The first-order chi connectivity index (χ1) is 9.66. The quantitative estimate of drug-likeness (QED) is 0.899. The second-order valence-electron chi connectivity index (χ2n) is 6.53. The van der Waals surface area contributed by atoms with Crippen molar-refractivity contribution in [2.75, 3.05) is 31.6 Å². The first kappa shape index (κ1) is 13.9. The van der Waals surface area contributed by atoms with Gasteiger partial charge in [0.05, 0.1) is 0 Å². The largest absolute Gasteiger partial charge is 0.371 e. The summed E-state index contributed by atoms with van der Waals surface area (Å²) in [7, 11) is 2.29. The zero-order valence-corrected chi connectivity index (χ0v) is 12.8. The van der Waals surface area contributed by atoms with Crippen molar-refractivity contribution in [2.24, 2.45) is 11.7 Å². The topological polar surface area (TPSA) is 32.5 Å². The first-order valence-corrected chi connectivity index (χ1v) is 7.96. The van der Waals surface area contributed by atoms with Crippen LogP contribution >= 0.6 is 0 Å². The van der Waals surface area contributed by atoms with Gasteiger partial charge in [0, 0.05) is 30.9 Å². The lowest BCUT2D eigenvalue weighted by Gasteiger charge is -2.47. The van der Waals surface area contributed by atoms with E-state index in [2.05, 4.69) is 48.0 Å². The van der Waals surface area contributed by atoms with Crippen LogP contribution in [0.1, 0.15) is 37.8 Å². The van der Waals surface area contributed by atoms with E-state index < -0.39 is 0 Å². The molecule has 3 heteroatoms. The predicted octanol–water partition coefficient (Wildman–Crippen LogP) is 2.63. The lowest BCUT2D eigenvalue weighted by molar-refractivity contribution is 0.102. The van der Waals surface area contributed by atoms with Crippen LogP contribution in [0.4, 0.5) is 5.69 Å². The molecule has 2 aliphatic heterocycles. The van der Waals surface area contributed by atoms with Crippen LogP contribution in [0, 0.1) is 5.92 Å². The van der Waals surface area contributed by atoms with Crippen molar-refractivity contribution < 1.29 is 0 Å². The highest BCUT2D eigenvalue weighted by Crippen LogP contribution is 2.34. The Morgan fingerprint density at radius 1 is 1.20 bits per heavy atom. The molecule has 2 N–H and O–H groups in total. The molecule has 3 nitrogen and oxygen atoms in total. The maximum Gasteiger partial charge on any atom is 0.0414 e. The summed E-state index contributed by atoms with van der Waals surface area (Å²) in [5, 5.41) is 0. The van der Waals surface area contributed by atoms with Crippen molar-refractivity contribution in [3.63, 3.8) is 0 Å². The summed E-state index contributed by atoms with van der Waals surface area (Å²) >= 11 is 0. The maximum absolute atomic E-state index is 6.14. The average Bonchev–Trinajstić information content (AvgIpc) is 2.47. The zero-order valence-electron chi connectivity index (χ0n) is 12.8. The van der Waals surface area contributed by atoms with Crippen molar-refractivity contribution in [1.82, 2.24) is 4.90 Å². The van der Waals surface area contributed by atoms with Gasteiger partial charge in [-0.15, -0.1) is 0 Å². The highest BCUT2D eigenvalue weighted by Gasteiger charge is 2.34. The number of piperidine rings is 2. The van der Waals surface area contributed by atoms with E-state index in [0.717, 1.165) is 18.5 Å². The smallest absolute Gasteiger partial charge is 0.0414 e. The van der Waals surface area contributed by atoms with Gasteiger partial charge in [0.2, 0.25) is 0 Å². The first-order valence-electron chi connectivity index (χ1n) is 7.96. The van der Waals surface area contributed by atoms with Gasteiger partial charge in [0.1, 0.15) is 0 Å². The van der Waals surface area contributed by atoms with Crippen LogP contribution in [0.3, 0.4) is 0 Å². The van der Waals surface area contributed by atoms with Crippen molar-refractivity contribution in [3.8, 4) is 0 Å². The van der Waals surface area contributed by atoms with Crippen LogP contribution in [0.2, 0.25) is 0 Å². The predicted molar refractivity (Wildman–Crippen MR) is 85.0 cm³/mol. The molecule has 20 heavy (non-hydrogen) atoms. The standard InChI is InChI=1S/C17H27N3/c1-13(18)15-7-3-4-8-17(15)20-11-9-16-14(12-20)6-5-10-19(16)2/h3-4,7-8,13-14,16H,5-6,9-12,18H2,1-2H3/t13-,14?,16?/m1/s1. The number of fused-ring (bicyclic) bond motifs is 1. The van der Waals surface area contributed by atoms with Crippen molar-refractivity contribution >= 4 is 5.69 Å². The number of nitrogens with two attached hydrogens (primary N) is 1. The van der Waals surface area contributed by atoms with E-state index in [1.165, 1.54) is 43.6 Å². The molecule has 3 atom stereocenters. The molecule has 0 aromatic heterocycles. The summed E-state index contributed by atoms with van der Waals surface area (Å²) in [5.41, 5.74) is 8.78. The van der Waals surface area contributed by atoms with Crippen molar-refractivity contribution in [2.45, 2.75) is 38.3 Å². The Bertz CT molecular complexity index is 457. The lowest BCUT2D eigenvalue weighted by Crippen LogP contribution is -2.53. The van der Waals surface area contributed by atoms with Crippen LogP contribution in [0.25, 0.3) is 0 Å². The molecule has 0 aliphatic carbocycles. The third kappa shape index (κ3) is 2.57. The summed E-state index contributed by atoms with van der Waals surface area (Å²) in [6.07, 6.45) is 4.01. The Hall–Kier alpha value is -1.06. The van der Waals surface area contributed by atoms with Crippen LogP contribution in [-0.2, 0) is 0 Å². The Labute approximate surface area is 122 Å². The molecular weight excluding hydrogens is 246 g/mol. The highest BCUT2D eigenvalue weighted by molar-refractivity contribution is 5.55. The second kappa shape index (κ2) is 5.74. The molecule has 1 aromatic rings. The fourth-order valence-electron chi connectivity index (χ4n) is 4.03. The number of hydrogen-bond acceptors (Lipinski definition) is 3. The van der Waals surface area contributed by atoms with E-state index in [4.69, 9.17) is 5.73 Å². The van der Waals surface area contributed by atoms with Gasteiger partial charge in [-0.2, -0.15) is 0 Å². The highest BCUT2D eigenvalue weighted by atomic mass is 15.2. The number of para-hydroxylation sites is 1. The summed E-state index contributed by atoms with van der Waals surface area (Å²) in [6.45, 7) is 5.71. The van der Waals surface area contributed by atoms with E-state index in [9.17, 15) is 0 Å². The maximum atomic E-state index is 6.14. The Morgan fingerprint density at radius 3 is 2.80 bits per heavy atom. The van der Waals surface area contributed by atoms with Crippen LogP contribution in [0.5, 0.6) is 0 Å². The Morgan fingerprint density at radius 2 is 2.00 bits per heavy atom. The molecule has 0 bridgehead atoms. The molecular formula is C17H27N3. The summed E-state index contributed by atoms with van der Waals surface area (Å²) in [6, 6.07) is 9.56. The molecule has 0 saturated carbocycles. The van der Waals surface area contributed by atoms with E-state index in [1.807, 2.05) is 0 Å². The number of hydrogen-bond donors (Lipinski definition) is 1. The van der Waals surface area contributed by atoms with Gasteiger partial charge in [-0.05, 0) is 57.3 Å². The Balaban J connectivity index is 1.79. The van der Waals surface area contributed by atoms with Gasteiger partial charge >= 0.3 is 0 Å². The van der Waals surface area contributed by atoms with Gasteiger partial charge < -0.3 is 15.5 Å². The van der Waals surface area contributed by atoms with Crippen LogP contribution in [0.15, 0.2) is 24.3 Å². The molecule has 110 valence electrons. The molecule has 2 saturated heterocycles. The lowest BCUT2D eigenvalue weighted by atomic mass is 9.83. The molecule has 2 fully saturated rings. The minimum absolute atomic E-state index is 0.109. The SMILES string of the molecule is C[C@@H](N)c1ccccc1N1CCC2C(CCCN2C)C1. The average molecular weight is 273 g/mol. The molecule has 1 aromatic carbocycles. The summed E-state index contributed by atoms with van der Waals surface area (Å²) in [4.78, 5) is 5.14. The molecule has 2 heterocycles. The van der Waals surface area contributed by atoms with Gasteiger partial charge in [0.15, 0.2) is 0 Å². The van der Waals surface area contributed by atoms with E-state index in [0.29, 0.717) is 0 Å². The second-order valence-corrected chi connectivity index (χ2v) is 6.53. The van der Waals surface area contributed by atoms with Crippen LogP contribution in [-0.4, -0.2) is 37.6 Å². The summed E-state index contributed by atoms with van der Waals surface area (Å²) < 4.78 is 0. The molecule has 0 spiro atoms. The van der Waals surface area contributed by atoms with E-state index >= 15 is 0 Å². The van der Waals surface area contributed by atoms with E-state index in [1.54, 1.807) is 0 Å². The minimum atomic E-state index is 0.109. The van der Waals surface area contributed by atoms with Crippen molar-refractivity contribution in [3.05, 3.63) is 29.8 Å². The van der Waals surface area contributed by atoms with Gasteiger partial charge in [-0.25, -0.2) is 0 Å². The fourth-order valence-corrected chi connectivity index (χ4v) is 4.03. The number of nitrogens with zero attached hydrogens (tertiary/aromatic N) is 2. The molecule has 2 aliphatic rings. The summed E-state index contributed by atoms with van der Waals surface area (Å²) in [5.74, 6) is 0.823. The Kier molecular flexibility index (Phi) is 3.99. The third-order valence-corrected chi connectivity index (χ3v) is 5.11. The number of anilines is 1. The van der Waals surface area contributed by atoms with Gasteiger partial charge in [-0.1, -0.05) is 18.2 Å². The molecule has 3 rings (SSSR count). The fraction of sp³-hybridized carbons (Fsp3) is 0.647. The number of rotatable bonds is 2. The van der Waals surface area contributed by atoms with Gasteiger partial charge in [-0.3, -0.25) is 0 Å². The molecule has 2 unspecified atom stereocenters. The monoisotopic (exact) mass is 273 g/mol. The third-order valence-electron chi connectivity index (χ3n) is 5.11. The normalized spacial score (nSPS) is 29.1.